The van der Waals surface area contributed by atoms with Gasteiger partial charge in [0.1, 0.15) is 11.8 Å². The van der Waals surface area contributed by atoms with Crippen molar-refractivity contribution in [2.75, 3.05) is 17.7 Å². The maximum atomic E-state index is 13.6. The molecule has 0 radical (unpaired) electrons. The van der Waals surface area contributed by atoms with E-state index in [4.69, 9.17) is 9.84 Å². The van der Waals surface area contributed by atoms with E-state index in [1.807, 2.05) is 61.5 Å². The molecule has 1 aliphatic heterocycles. The molecule has 192 valence electrons. The van der Waals surface area contributed by atoms with E-state index in [-0.39, 0.29) is 11.6 Å². The van der Waals surface area contributed by atoms with Gasteiger partial charge in [0.15, 0.2) is 0 Å². The zero-order valence-electron chi connectivity index (χ0n) is 20.6. The van der Waals surface area contributed by atoms with Crippen LogP contribution < -0.4 is 15.4 Å². The number of methoxy groups -OCH3 is 1. The fourth-order valence-electron chi connectivity index (χ4n) is 4.19. The van der Waals surface area contributed by atoms with Gasteiger partial charge in [-0.25, -0.2) is 4.68 Å². The van der Waals surface area contributed by atoms with Gasteiger partial charge in [0, 0.05) is 29.3 Å². The van der Waals surface area contributed by atoms with E-state index in [0.717, 1.165) is 11.1 Å². The van der Waals surface area contributed by atoms with Gasteiger partial charge in [-0.1, -0.05) is 54.2 Å². The van der Waals surface area contributed by atoms with Gasteiger partial charge in [0.05, 0.1) is 17.6 Å². The topological polar surface area (TPSA) is 124 Å². The smallest absolute Gasteiger partial charge is 0.269 e. The SMILES string of the molecule is COc1cccc(C2C(C(=O)Nc3ccccc3)=C(C)Nc3nc(SCc4ccc([N+](=O)[O-])cc4)nn32)c1. The number of benzene rings is 3. The van der Waals surface area contributed by atoms with Crippen molar-refractivity contribution < 1.29 is 14.5 Å². The zero-order valence-corrected chi connectivity index (χ0v) is 21.4. The second-order valence-electron chi connectivity index (χ2n) is 8.54. The van der Waals surface area contributed by atoms with Crippen LogP contribution in [0, 0.1) is 10.1 Å². The number of aromatic nitrogens is 3. The van der Waals surface area contributed by atoms with Crippen LogP contribution in [0.15, 0.2) is 95.3 Å². The highest BCUT2D eigenvalue weighted by Crippen LogP contribution is 2.38. The van der Waals surface area contributed by atoms with Crippen molar-refractivity contribution in [3.05, 3.63) is 111 Å². The van der Waals surface area contributed by atoms with E-state index in [2.05, 4.69) is 15.6 Å². The molecule has 0 saturated heterocycles. The normalized spacial score (nSPS) is 14.4. The number of nitrogens with one attached hydrogen (secondary N) is 2. The average Bonchev–Trinajstić information content (AvgIpc) is 3.34. The first-order chi connectivity index (χ1) is 18.4. The lowest BCUT2D eigenvalue weighted by atomic mass is 9.95. The van der Waals surface area contributed by atoms with Crippen LogP contribution in [-0.2, 0) is 10.5 Å². The molecule has 1 atom stereocenters. The van der Waals surface area contributed by atoms with Gasteiger partial charge in [-0.05, 0) is 42.3 Å². The molecule has 4 aromatic rings. The molecule has 1 amide bonds. The van der Waals surface area contributed by atoms with E-state index in [0.29, 0.717) is 39.6 Å². The van der Waals surface area contributed by atoms with E-state index in [1.54, 1.807) is 23.9 Å². The van der Waals surface area contributed by atoms with Gasteiger partial charge in [-0.3, -0.25) is 14.9 Å². The number of allylic oxidation sites excluding steroid dienone is 1. The first kappa shape index (κ1) is 25.0. The minimum atomic E-state index is -0.550. The molecule has 11 heteroatoms. The number of nitro groups is 1. The summed E-state index contributed by atoms with van der Waals surface area (Å²) in [4.78, 5) is 28.7. The molecule has 0 fully saturated rings. The number of rotatable bonds is 8. The standard InChI is InChI=1S/C27H24N6O4S/c1-17-23(25(34)29-20-8-4-3-5-9-20)24(19-7-6-10-22(15-19)37-2)32-26(28-17)30-27(31-32)38-16-18-11-13-21(14-12-18)33(35)36/h3-15,24H,16H2,1-2H3,(H,29,34)(H,28,30,31). The highest BCUT2D eigenvalue weighted by atomic mass is 32.2. The van der Waals surface area contributed by atoms with E-state index < -0.39 is 11.0 Å². The number of non-ortho nitro benzene ring substituents is 1. The van der Waals surface area contributed by atoms with Crippen LogP contribution in [-0.4, -0.2) is 32.7 Å². The van der Waals surface area contributed by atoms with Crippen LogP contribution in [0.2, 0.25) is 0 Å². The highest BCUT2D eigenvalue weighted by Gasteiger charge is 2.34. The number of fused-ring (bicyclic) bond motifs is 1. The number of amides is 1. The first-order valence-corrected chi connectivity index (χ1v) is 12.7. The van der Waals surface area contributed by atoms with Crippen LogP contribution in [0.3, 0.4) is 0 Å². The molecule has 2 heterocycles. The number of nitro benzene ring substituents is 1. The Morgan fingerprint density at radius 1 is 1.13 bits per heavy atom. The number of ether oxygens (including phenoxy) is 1. The largest absolute Gasteiger partial charge is 0.497 e. The maximum absolute atomic E-state index is 13.6. The predicted octanol–water partition coefficient (Wildman–Crippen LogP) is 5.41. The Morgan fingerprint density at radius 3 is 2.61 bits per heavy atom. The number of para-hydroxylation sites is 1. The number of hydrogen-bond acceptors (Lipinski definition) is 8. The Labute approximate surface area is 222 Å². The predicted molar refractivity (Wildman–Crippen MR) is 145 cm³/mol. The third kappa shape index (κ3) is 5.23. The summed E-state index contributed by atoms with van der Waals surface area (Å²) in [7, 11) is 1.60. The van der Waals surface area contributed by atoms with Crippen molar-refractivity contribution in [3.63, 3.8) is 0 Å². The Balaban J connectivity index is 1.46. The Bertz CT molecular complexity index is 1520. The summed E-state index contributed by atoms with van der Waals surface area (Å²) in [5.74, 6) is 1.45. The average molecular weight is 529 g/mol. The van der Waals surface area contributed by atoms with E-state index in [1.165, 1.54) is 23.9 Å². The number of thioether (sulfide) groups is 1. The van der Waals surface area contributed by atoms with Gasteiger partial charge < -0.3 is 15.4 Å². The molecule has 3 aromatic carbocycles. The van der Waals surface area contributed by atoms with Gasteiger partial charge in [0.25, 0.3) is 11.6 Å². The second kappa shape index (κ2) is 10.8. The van der Waals surface area contributed by atoms with Crippen LogP contribution in [0.5, 0.6) is 5.75 Å². The van der Waals surface area contributed by atoms with Crippen LogP contribution in [0.1, 0.15) is 24.1 Å². The molecule has 0 aliphatic carbocycles. The summed E-state index contributed by atoms with van der Waals surface area (Å²) in [5, 5.41) is 22.4. The third-order valence-corrected chi connectivity index (χ3v) is 6.94. The monoisotopic (exact) mass is 528 g/mol. The number of anilines is 2. The second-order valence-corrected chi connectivity index (χ2v) is 9.48. The third-order valence-electron chi connectivity index (χ3n) is 6.03. The van der Waals surface area contributed by atoms with Crippen molar-refractivity contribution in [2.45, 2.75) is 23.9 Å². The zero-order chi connectivity index (χ0) is 26.6. The molecule has 0 spiro atoms. The van der Waals surface area contributed by atoms with Crippen molar-refractivity contribution in [2.24, 2.45) is 0 Å². The fraction of sp³-hybridized carbons (Fsp3) is 0.148. The van der Waals surface area contributed by atoms with Crippen LogP contribution in [0.4, 0.5) is 17.3 Å². The number of carbonyl (C=O) groups is 1. The number of nitrogens with zero attached hydrogens (tertiary/aromatic N) is 4. The molecule has 0 bridgehead atoms. The van der Waals surface area contributed by atoms with Gasteiger partial charge in [-0.15, -0.1) is 5.10 Å². The van der Waals surface area contributed by atoms with Crippen molar-refractivity contribution in [1.29, 1.82) is 0 Å². The molecular formula is C27H24N6O4S. The Hall–Kier alpha value is -4.64. The summed E-state index contributed by atoms with van der Waals surface area (Å²) in [6.45, 7) is 1.84. The summed E-state index contributed by atoms with van der Waals surface area (Å²) < 4.78 is 7.15. The fourth-order valence-corrected chi connectivity index (χ4v) is 4.97. The minimum absolute atomic E-state index is 0.0440. The summed E-state index contributed by atoms with van der Waals surface area (Å²) in [6.07, 6.45) is 0. The molecular weight excluding hydrogens is 504 g/mol. The minimum Gasteiger partial charge on any atom is -0.497 e. The highest BCUT2D eigenvalue weighted by molar-refractivity contribution is 7.98. The lowest BCUT2D eigenvalue weighted by molar-refractivity contribution is -0.384. The van der Waals surface area contributed by atoms with Gasteiger partial charge in [0.2, 0.25) is 11.1 Å². The van der Waals surface area contributed by atoms with Crippen molar-refractivity contribution >= 4 is 35.0 Å². The van der Waals surface area contributed by atoms with Crippen molar-refractivity contribution in [1.82, 2.24) is 14.8 Å². The summed E-state index contributed by atoms with van der Waals surface area (Å²) in [6, 6.07) is 22.6. The number of hydrogen-bond donors (Lipinski definition) is 2. The quantitative estimate of drug-likeness (QED) is 0.177. The molecule has 5 rings (SSSR count). The molecule has 1 unspecified atom stereocenters. The molecule has 1 aromatic heterocycles. The maximum Gasteiger partial charge on any atom is 0.269 e. The molecule has 1 aliphatic rings. The van der Waals surface area contributed by atoms with Gasteiger partial charge >= 0.3 is 0 Å². The van der Waals surface area contributed by atoms with Gasteiger partial charge in [-0.2, -0.15) is 4.98 Å². The number of carbonyl (C=O) groups excluding carboxylic acids is 1. The van der Waals surface area contributed by atoms with Crippen molar-refractivity contribution in [3.8, 4) is 5.75 Å². The van der Waals surface area contributed by atoms with E-state index >= 15 is 0 Å². The van der Waals surface area contributed by atoms with Crippen LogP contribution in [0.25, 0.3) is 0 Å². The molecule has 2 N–H and O–H groups in total. The van der Waals surface area contributed by atoms with Crippen LogP contribution >= 0.6 is 11.8 Å². The Morgan fingerprint density at radius 2 is 1.89 bits per heavy atom. The Kier molecular flexibility index (Phi) is 7.09. The lowest BCUT2D eigenvalue weighted by Gasteiger charge is -2.28. The van der Waals surface area contributed by atoms with E-state index in [9.17, 15) is 14.9 Å². The first-order valence-electron chi connectivity index (χ1n) is 11.7. The molecule has 10 nitrogen and oxygen atoms in total. The lowest BCUT2D eigenvalue weighted by Crippen LogP contribution is -2.31. The molecule has 0 saturated carbocycles. The molecule has 38 heavy (non-hydrogen) atoms. The summed E-state index contributed by atoms with van der Waals surface area (Å²) in [5.41, 5.74) is 3.63. The summed E-state index contributed by atoms with van der Waals surface area (Å²) >= 11 is 1.40.